The summed E-state index contributed by atoms with van der Waals surface area (Å²) in [5.74, 6) is 0. The van der Waals surface area contributed by atoms with Crippen LogP contribution in [0, 0.1) is 0 Å². The van der Waals surface area contributed by atoms with E-state index in [0.29, 0.717) is 6.04 Å². The lowest BCUT2D eigenvalue weighted by Crippen LogP contribution is -2.07. The molecule has 1 aromatic heterocycles. The third-order valence-electron chi connectivity index (χ3n) is 3.76. The molecule has 1 N–H and O–H groups in total. The van der Waals surface area contributed by atoms with Gasteiger partial charge in [-0.1, -0.05) is 25.1 Å². The van der Waals surface area contributed by atoms with E-state index in [1.54, 1.807) is 7.11 Å². The van der Waals surface area contributed by atoms with Crippen LogP contribution in [0.5, 0.6) is 0 Å². The number of nitrogens with one attached hydrogen (secondary N) is 1. The van der Waals surface area contributed by atoms with Crippen molar-refractivity contribution in [3.05, 3.63) is 47.8 Å². The number of hydrogen-bond acceptors (Lipinski definition) is 3. The summed E-state index contributed by atoms with van der Waals surface area (Å²) in [6, 6.07) is 10.9. The predicted octanol–water partition coefficient (Wildman–Crippen LogP) is 3.66. The van der Waals surface area contributed by atoms with Crippen molar-refractivity contribution in [3.63, 3.8) is 0 Å². The monoisotopic (exact) mass is 287 g/mol. The Morgan fingerprint density at radius 2 is 2.10 bits per heavy atom. The van der Waals surface area contributed by atoms with Gasteiger partial charge < -0.3 is 10.1 Å². The van der Waals surface area contributed by atoms with Crippen LogP contribution in [0.25, 0.3) is 0 Å². The Hall–Kier alpha value is -1.81. The molecule has 4 heteroatoms. The summed E-state index contributed by atoms with van der Waals surface area (Å²) < 4.78 is 7.20. The Morgan fingerprint density at radius 1 is 1.29 bits per heavy atom. The minimum absolute atomic E-state index is 0.452. The standard InChI is InChI=1S/C17H25N3O/c1-4-14(2)20-11-9-16(19-20)13-18-17-8-6-5-7-15(17)10-12-21-3/h5-9,11,14,18H,4,10,12-13H2,1-3H3. The average molecular weight is 287 g/mol. The van der Waals surface area contributed by atoms with Gasteiger partial charge in [0.1, 0.15) is 0 Å². The molecule has 1 heterocycles. The van der Waals surface area contributed by atoms with Crippen LogP contribution in [0.4, 0.5) is 5.69 Å². The summed E-state index contributed by atoms with van der Waals surface area (Å²) in [5.41, 5.74) is 3.50. The zero-order valence-corrected chi connectivity index (χ0v) is 13.2. The lowest BCUT2D eigenvalue weighted by molar-refractivity contribution is 0.202. The quantitative estimate of drug-likeness (QED) is 0.805. The van der Waals surface area contributed by atoms with Gasteiger partial charge in [0.2, 0.25) is 0 Å². The Bertz CT molecular complexity index is 550. The van der Waals surface area contributed by atoms with Crippen molar-refractivity contribution in [1.82, 2.24) is 9.78 Å². The van der Waals surface area contributed by atoms with Crippen molar-refractivity contribution in [1.29, 1.82) is 0 Å². The molecule has 0 aliphatic heterocycles. The number of rotatable bonds is 8. The molecular weight excluding hydrogens is 262 g/mol. The lowest BCUT2D eigenvalue weighted by atomic mass is 10.1. The van der Waals surface area contributed by atoms with Gasteiger partial charge in [0.05, 0.1) is 18.8 Å². The van der Waals surface area contributed by atoms with E-state index < -0.39 is 0 Å². The molecule has 0 radical (unpaired) electrons. The highest BCUT2D eigenvalue weighted by Gasteiger charge is 2.06. The minimum atomic E-state index is 0.452. The van der Waals surface area contributed by atoms with Crippen LogP contribution in [0.2, 0.25) is 0 Å². The Labute approximate surface area is 127 Å². The Morgan fingerprint density at radius 3 is 2.86 bits per heavy atom. The summed E-state index contributed by atoms with van der Waals surface area (Å²) >= 11 is 0. The average Bonchev–Trinajstić information content (AvgIpc) is 3.00. The van der Waals surface area contributed by atoms with Gasteiger partial charge >= 0.3 is 0 Å². The number of aromatic nitrogens is 2. The molecule has 4 nitrogen and oxygen atoms in total. The minimum Gasteiger partial charge on any atom is -0.384 e. The fraction of sp³-hybridized carbons (Fsp3) is 0.471. The molecule has 0 spiro atoms. The van der Waals surface area contributed by atoms with Crippen LogP contribution in [-0.2, 0) is 17.7 Å². The molecule has 0 saturated heterocycles. The van der Waals surface area contributed by atoms with Crippen LogP contribution in [0.15, 0.2) is 36.5 Å². The Kier molecular flexibility index (Phi) is 5.81. The Balaban J connectivity index is 1.98. The van der Waals surface area contributed by atoms with Crippen LogP contribution in [0.1, 0.15) is 37.6 Å². The van der Waals surface area contributed by atoms with Gasteiger partial charge in [-0.05, 0) is 37.5 Å². The smallest absolute Gasteiger partial charge is 0.0815 e. The molecule has 0 bridgehead atoms. The summed E-state index contributed by atoms with van der Waals surface area (Å²) in [4.78, 5) is 0. The van der Waals surface area contributed by atoms with Gasteiger partial charge in [0, 0.05) is 25.0 Å². The van der Waals surface area contributed by atoms with E-state index in [-0.39, 0.29) is 0 Å². The fourth-order valence-electron chi connectivity index (χ4n) is 2.21. The molecule has 0 aliphatic carbocycles. The first-order valence-electron chi connectivity index (χ1n) is 7.59. The number of anilines is 1. The van der Waals surface area contributed by atoms with Crippen molar-refractivity contribution >= 4 is 5.69 Å². The first kappa shape index (κ1) is 15.6. The maximum absolute atomic E-state index is 5.16. The van der Waals surface area contributed by atoms with E-state index in [2.05, 4.69) is 60.8 Å². The van der Waals surface area contributed by atoms with Crippen molar-refractivity contribution in [3.8, 4) is 0 Å². The van der Waals surface area contributed by atoms with Gasteiger partial charge in [-0.15, -0.1) is 0 Å². The van der Waals surface area contributed by atoms with Crippen molar-refractivity contribution < 1.29 is 4.74 Å². The third-order valence-corrected chi connectivity index (χ3v) is 3.76. The van der Waals surface area contributed by atoms with E-state index in [9.17, 15) is 0 Å². The molecule has 0 saturated carbocycles. The van der Waals surface area contributed by atoms with Gasteiger partial charge in [-0.2, -0.15) is 5.10 Å². The SMILES string of the molecule is CCC(C)n1ccc(CNc2ccccc2CCOC)n1. The second kappa shape index (κ2) is 7.84. The number of hydrogen-bond donors (Lipinski definition) is 1. The molecule has 2 rings (SSSR count). The van der Waals surface area contributed by atoms with Crippen LogP contribution in [-0.4, -0.2) is 23.5 Å². The molecule has 0 amide bonds. The van der Waals surface area contributed by atoms with E-state index >= 15 is 0 Å². The van der Waals surface area contributed by atoms with Crippen molar-refractivity contribution in [2.45, 2.75) is 39.3 Å². The van der Waals surface area contributed by atoms with Crippen LogP contribution in [0.3, 0.4) is 0 Å². The molecule has 0 aliphatic rings. The van der Waals surface area contributed by atoms with Crippen LogP contribution >= 0.6 is 0 Å². The summed E-state index contributed by atoms with van der Waals surface area (Å²) in [6.45, 7) is 5.84. The molecule has 114 valence electrons. The number of benzene rings is 1. The number of ether oxygens (including phenoxy) is 1. The van der Waals surface area contributed by atoms with Gasteiger partial charge in [0.15, 0.2) is 0 Å². The molecular formula is C17H25N3O. The summed E-state index contributed by atoms with van der Waals surface area (Å²) in [7, 11) is 1.73. The molecule has 2 aromatic rings. The predicted molar refractivity (Wildman–Crippen MR) is 86.6 cm³/mol. The number of para-hydroxylation sites is 1. The van der Waals surface area contributed by atoms with E-state index in [1.807, 2.05) is 4.68 Å². The molecule has 0 fully saturated rings. The summed E-state index contributed by atoms with van der Waals surface area (Å²) in [6.07, 6.45) is 4.07. The highest BCUT2D eigenvalue weighted by Crippen LogP contribution is 2.17. The molecule has 21 heavy (non-hydrogen) atoms. The zero-order chi connectivity index (χ0) is 15.1. The van der Waals surface area contributed by atoms with Gasteiger partial charge in [0.25, 0.3) is 0 Å². The second-order valence-corrected chi connectivity index (χ2v) is 5.30. The van der Waals surface area contributed by atoms with E-state index in [0.717, 1.165) is 37.4 Å². The number of nitrogens with zero attached hydrogens (tertiary/aromatic N) is 2. The first-order valence-corrected chi connectivity index (χ1v) is 7.59. The van der Waals surface area contributed by atoms with E-state index in [4.69, 9.17) is 4.74 Å². The molecule has 1 aromatic carbocycles. The van der Waals surface area contributed by atoms with Gasteiger partial charge in [-0.25, -0.2) is 0 Å². The van der Waals surface area contributed by atoms with Crippen molar-refractivity contribution in [2.24, 2.45) is 0 Å². The van der Waals surface area contributed by atoms with E-state index in [1.165, 1.54) is 5.56 Å². The number of methoxy groups -OCH3 is 1. The zero-order valence-electron chi connectivity index (χ0n) is 13.2. The molecule has 1 atom stereocenters. The maximum atomic E-state index is 5.16. The normalized spacial score (nSPS) is 12.3. The third kappa shape index (κ3) is 4.33. The fourth-order valence-corrected chi connectivity index (χ4v) is 2.21. The molecule has 1 unspecified atom stereocenters. The van der Waals surface area contributed by atoms with Crippen molar-refractivity contribution in [2.75, 3.05) is 19.0 Å². The second-order valence-electron chi connectivity index (χ2n) is 5.30. The maximum Gasteiger partial charge on any atom is 0.0815 e. The topological polar surface area (TPSA) is 39.1 Å². The largest absolute Gasteiger partial charge is 0.384 e. The first-order chi connectivity index (χ1) is 10.2. The van der Waals surface area contributed by atoms with Crippen LogP contribution < -0.4 is 5.32 Å². The lowest BCUT2D eigenvalue weighted by Gasteiger charge is -2.11. The summed E-state index contributed by atoms with van der Waals surface area (Å²) in [5, 5.41) is 8.09. The highest BCUT2D eigenvalue weighted by atomic mass is 16.5. The highest BCUT2D eigenvalue weighted by molar-refractivity contribution is 5.51. The van der Waals surface area contributed by atoms with Gasteiger partial charge in [-0.3, -0.25) is 4.68 Å².